The van der Waals surface area contributed by atoms with E-state index in [4.69, 9.17) is 23.7 Å². The average molecular weight is 794 g/mol. The van der Waals surface area contributed by atoms with Gasteiger partial charge in [-0.1, -0.05) is 20.8 Å². The number of hydrogen-bond acceptors (Lipinski definition) is 15. The minimum absolute atomic E-state index is 0.0467. The highest BCUT2D eigenvalue weighted by atomic mass is 16.7. The molecule has 1 aromatic rings. The van der Waals surface area contributed by atoms with Crippen LogP contribution in [0.15, 0.2) is 12.3 Å². The smallest absolute Gasteiger partial charge is 0.311 e. The summed E-state index contributed by atoms with van der Waals surface area (Å²) < 4.78 is 33.9. The fraction of sp³-hybridized carbons (Fsp3) is 0.850. The number of piperidine rings is 1. The van der Waals surface area contributed by atoms with Crippen molar-refractivity contribution >= 4 is 17.5 Å². The molecule has 4 aliphatic heterocycles. The summed E-state index contributed by atoms with van der Waals surface area (Å²) in [4.78, 5) is 33.8. The first-order chi connectivity index (χ1) is 26.1. The van der Waals surface area contributed by atoms with Gasteiger partial charge in [0.25, 0.3) is 5.69 Å². The van der Waals surface area contributed by atoms with Crippen LogP contribution in [0.2, 0.25) is 0 Å². The molecule has 4 N–H and O–H groups in total. The van der Waals surface area contributed by atoms with Gasteiger partial charge in [-0.3, -0.25) is 14.9 Å². The van der Waals surface area contributed by atoms with Gasteiger partial charge in [-0.05, 0) is 93.4 Å². The van der Waals surface area contributed by atoms with E-state index in [-0.39, 0.29) is 30.2 Å². The monoisotopic (exact) mass is 793 g/mol. The van der Waals surface area contributed by atoms with Crippen molar-refractivity contribution in [2.24, 2.45) is 17.8 Å². The topological polar surface area (TPSA) is 198 Å². The summed E-state index contributed by atoms with van der Waals surface area (Å²) in [5, 5.41) is 49.6. The minimum Gasteiger partial charge on any atom is -0.459 e. The van der Waals surface area contributed by atoms with E-state index in [0.717, 1.165) is 0 Å². The molecule has 16 nitrogen and oxygen atoms in total. The van der Waals surface area contributed by atoms with Gasteiger partial charge in [0.05, 0.1) is 34.8 Å². The lowest BCUT2D eigenvalue weighted by atomic mass is 9.78. The Morgan fingerprint density at radius 3 is 2.39 bits per heavy atom. The number of rotatable bonds is 6. The van der Waals surface area contributed by atoms with Gasteiger partial charge in [0.15, 0.2) is 12.1 Å². The molecular weight excluding hydrogens is 726 g/mol. The van der Waals surface area contributed by atoms with E-state index >= 15 is 0 Å². The van der Waals surface area contributed by atoms with Gasteiger partial charge in [-0.2, -0.15) is 0 Å². The van der Waals surface area contributed by atoms with Gasteiger partial charge in [-0.15, -0.1) is 0 Å². The third-order valence-electron chi connectivity index (χ3n) is 12.8. The van der Waals surface area contributed by atoms with Crippen LogP contribution >= 0.6 is 0 Å². The van der Waals surface area contributed by atoms with E-state index in [1.165, 1.54) is 13.1 Å². The number of aromatic nitrogens is 1. The molecule has 14 atom stereocenters. The molecule has 4 fully saturated rings. The molecular formula is C40H67N5O11. The summed E-state index contributed by atoms with van der Waals surface area (Å²) in [6.07, 6.45) is -2.60. The van der Waals surface area contributed by atoms with E-state index in [9.17, 15) is 30.2 Å². The third kappa shape index (κ3) is 9.18. The van der Waals surface area contributed by atoms with E-state index in [1.807, 2.05) is 39.8 Å². The molecule has 56 heavy (non-hydrogen) atoms. The molecule has 0 radical (unpaired) electrons. The molecule has 1 spiro atoms. The molecule has 5 rings (SSSR count). The maximum Gasteiger partial charge on any atom is 0.311 e. The summed E-state index contributed by atoms with van der Waals surface area (Å²) in [7, 11) is 3.84. The second-order valence-corrected chi connectivity index (χ2v) is 17.8. The molecule has 4 saturated heterocycles. The summed E-state index contributed by atoms with van der Waals surface area (Å²) >= 11 is 0. The number of esters is 1. The van der Waals surface area contributed by atoms with Gasteiger partial charge in [0.1, 0.15) is 35.9 Å². The zero-order valence-corrected chi connectivity index (χ0v) is 35.1. The number of pyridine rings is 1. The van der Waals surface area contributed by atoms with Gasteiger partial charge in [0.2, 0.25) is 0 Å². The van der Waals surface area contributed by atoms with Gasteiger partial charge in [-0.25, -0.2) is 4.98 Å². The molecule has 1 aromatic heterocycles. The number of fused-ring (bicyclic) bond motifs is 3. The van der Waals surface area contributed by atoms with Crippen LogP contribution in [0.4, 0.5) is 11.5 Å². The number of aliphatic hydroxyl groups is 3. The summed E-state index contributed by atoms with van der Waals surface area (Å²) in [6, 6.07) is 0.948. The van der Waals surface area contributed by atoms with Gasteiger partial charge < -0.3 is 54.1 Å². The normalized spacial score (nSPS) is 41.5. The predicted octanol–water partition coefficient (Wildman–Crippen LogP) is 3.30. The molecule has 2 bridgehead atoms. The molecule has 1 unspecified atom stereocenters. The van der Waals surface area contributed by atoms with Crippen LogP contribution < -0.4 is 10.2 Å². The van der Waals surface area contributed by atoms with Gasteiger partial charge in [0, 0.05) is 49.5 Å². The number of hydrogen-bond donors (Lipinski definition) is 4. The van der Waals surface area contributed by atoms with Crippen molar-refractivity contribution in [3.8, 4) is 0 Å². The lowest BCUT2D eigenvalue weighted by molar-refractivity contribution is -0.385. The SMILES string of the molecule is CC[C@H]1OC(=O)[C@H](C)[C@H]2OC3(CCN(c4cc(C)c([N+](=O)[O-])cn4)CC3)O[C@](C)(C[C@@H](C)CN[C@H](C)[C@@H](O)[C@]1(C)O)[C@H](O[C@@H]1O[C@H](C)CC(N(C)C)[C@H]1O)[C@H]2C. The Balaban J connectivity index is 1.58. The Morgan fingerprint density at radius 2 is 1.80 bits per heavy atom. The largest absolute Gasteiger partial charge is 0.459 e. The quantitative estimate of drug-likeness (QED) is 0.186. The standard InChI is InChI=1S/C40H67N5O11/c1-12-30-39(9,49)34(47)27(7)41-20-22(2)19-38(8)35(54-37-32(46)28(43(10)11)18-24(4)52-37)25(5)33(26(6)36(48)53-30)55-40(56-38)13-15-44(16-14-40)31-17-23(3)29(21-42-31)45(50)51/h17,21-22,24-28,30,32-35,37,41,46-47,49H,12-16,18-20H2,1-11H3/t22-,24-,25+,26-,27-,28?,30-,32-,33+,34-,35-,37+,38-,39-/m1/s1. The number of nitrogens with one attached hydrogen (secondary N) is 1. The molecule has 318 valence electrons. The highest BCUT2D eigenvalue weighted by Gasteiger charge is 2.58. The lowest BCUT2D eigenvalue weighted by Gasteiger charge is -2.49. The average Bonchev–Trinajstić information content (AvgIpc) is 3.21. The van der Waals surface area contributed by atoms with Crippen LogP contribution in [-0.4, -0.2) is 142 Å². The number of nitro groups is 1. The second-order valence-electron chi connectivity index (χ2n) is 17.8. The highest BCUT2D eigenvalue weighted by Crippen LogP contribution is 2.48. The number of carbonyl (C=O) groups is 1. The summed E-state index contributed by atoms with van der Waals surface area (Å²) in [6.45, 7) is 17.9. The summed E-state index contributed by atoms with van der Waals surface area (Å²) in [5.41, 5.74) is -2.35. The number of aryl methyl sites for hydroxylation is 1. The van der Waals surface area contributed by atoms with Gasteiger partial charge >= 0.3 is 5.97 Å². The van der Waals surface area contributed by atoms with Crippen LogP contribution in [-0.2, 0) is 28.5 Å². The Morgan fingerprint density at radius 1 is 1.14 bits per heavy atom. The lowest BCUT2D eigenvalue weighted by Crippen LogP contribution is -2.60. The molecule has 16 heteroatoms. The number of nitrogens with zero attached hydrogens (tertiary/aromatic N) is 4. The number of aliphatic hydroxyl groups excluding tert-OH is 2. The first kappa shape index (κ1) is 44.6. The number of anilines is 1. The van der Waals surface area contributed by atoms with E-state index in [0.29, 0.717) is 56.7 Å². The minimum atomic E-state index is -1.76. The zero-order chi connectivity index (χ0) is 41.5. The Bertz CT molecular complexity index is 1530. The van der Waals surface area contributed by atoms with Crippen LogP contribution in [0.1, 0.15) is 93.1 Å². The predicted molar refractivity (Wildman–Crippen MR) is 208 cm³/mol. The van der Waals surface area contributed by atoms with E-state index in [1.54, 1.807) is 33.8 Å². The van der Waals surface area contributed by atoms with E-state index < -0.39 is 82.6 Å². The number of carbonyl (C=O) groups excluding carboxylic acids is 1. The number of likely N-dealkylation sites (N-methyl/N-ethyl adjacent to an activating group) is 1. The van der Waals surface area contributed by atoms with Crippen molar-refractivity contribution in [2.75, 3.05) is 38.6 Å². The maximum atomic E-state index is 14.3. The maximum absolute atomic E-state index is 14.3. The first-order valence-corrected chi connectivity index (χ1v) is 20.4. The highest BCUT2D eigenvalue weighted by molar-refractivity contribution is 5.73. The van der Waals surface area contributed by atoms with Crippen LogP contribution in [0.25, 0.3) is 0 Å². The number of cyclic esters (lactones) is 1. The Labute approximate surface area is 331 Å². The number of ether oxygens (including phenoxy) is 5. The molecule has 0 aliphatic carbocycles. The van der Waals surface area contributed by atoms with Crippen molar-refractivity contribution < 1.29 is 48.7 Å². The second kappa shape index (κ2) is 17.4. The molecule has 0 aromatic carbocycles. The molecule has 0 amide bonds. The Kier molecular flexibility index (Phi) is 13.8. The van der Waals surface area contributed by atoms with E-state index in [2.05, 4.69) is 22.1 Å². The van der Waals surface area contributed by atoms with Crippen molar-refractivity contribution in [3.05, 3.63) is 27.9 Å². The van der Waals surface area contributed by atoms with Crippen LogP contribution in [0.5, 0.6) is 0 Å². The van der Waals surface area contributed by atoms with Crippen molar-refractivity contribution in [3.63, 3.8) is 0 Å². The van der Waals surface area contributed by atoms with Crippen LogP contribution in [0.3, 0.4) is 0 Å². The zero-order valence-electron chi connectivity index (χ0n) is 35.1. The van der Waals surface area contributed by atoms with Crippen LogP contribution in [0, 0.1) is 34.8 Å². The third-order valence-corrected chi connectivity index (χ3v) is 12.8. The van der Waals surface area contributed by atoms with Crippen molar-refractivity contribution in [1.82, 2.24) is 15.2 Å². The Hall–Kier alpha value is -2.54. The fourth-order valence-electron chi connectivity index (χ4n) is 9.52. The first-order valence-electron chi connectivity index (χ1n) is 20.4. The molecule has 5 heterocycles. The molecule has 4 aliphatic rings. The van der Waals surface area contributed by atoms with Crippen molar-refractivity contribution in [1.29, 1.82) is 0 Å². The van der Waals surface area contributed by atoms with Crippen molar-refractivity contribution in [2.45, 2.75) is 166 Å². The fourth-order valence-corrected chi connectivity index (χ4v) is 9.52. The molecule has 0 saturated carbocycles. The summed E-state index contributed by atoms with van der Waals surface area (Å²) in [5.74, 6) is -2.60.